The Balaban J connectivity index is 0.0000109. The molecule has 0 heterocycles. The molecule has 0 unspecified atom stereocenters. The molecule has 192 valence electrons. The van der Waals surface area contributed by atoms with E-state index in [1.165, 1.54) is 25.1 Å². The highest BCUT2D eigenvalue weighted by molar-refractivity contribution is 5.85. The van der Waals surface area contributed by atoms with Gasteiger partial charge in [0.15, 0.2) is 11.5 Å². The molecule has 0 radical (unpaired) electrons. The minimum absolute atomic E-state index is 0. The molecular weight excluding hydrogens is 474 g/mol. The van der Waals surface area contributed by atoms with E-state index in [2.05, 4.69) is 0 Å². The molecule has 2 atom stereocenters. The molecule has 0 saturated heterocycles. The third-order valence-electron chi connectivity index (χ3n) is 3.66. The van der Waals surface area contributed by atoms with Gasteiger partial charge in [-0.3, -0.25) is 9.59 Å². The minimum Gasteiger partial charge on any atom is -0.462 e. The fourth-order valence-electron chi connectivity index (χ4n) is 2.35. The first-order valence-electron chi connectivity index (χ1n) is 10.4. The lowest BCUT2D eigenvalue weighted by molar-refractivity contribution is -0.157. The van der Waals surface area contributed by atoms with Crippen molar-refractivity contribution in [2.75, 3.05) is 6.61 Å². The smallest absolute Gasteiger partial charge is 0.462 e. The average molecular weight is 506 g/mol. The van der Waals surface area contributed by atoms with Gasteiger partial charge < -0.3 is 34.2 Å². The molecule has 0 fully saturated rings. The fourth-order valence-corrected chi connectivity index (χ4v) is 2.35. The van der Waals surface area contributed by atoms with Crippen LogP contribution in [0, 0.1) is 0 Å². The summed E-state index contributed by atoms with van der Waals surface area (Å²) in [6.07, 6.45) is -3.51. The van der Waals surface area contributed by atoms with Crippen LogP contribution in [0.3, 0.4) is 0 Å². The number of benzene rings is 1. The first-order chi connectivity index (χ1) is 15.4. The van der Waals surface area contributed by atoms with Gasteiger partial charge in [-0.15, -0.1) is 12.4 Å². The Morgan fingerprint density at radius 2 is 1.38 bits per heavy atom. The number of carbonyl (C=O) groups is 4. The third-order valence-corrected chi connectivity index (χ3v) is 3.66. The van der Waals surface area contributed by atoms with Gasteiger partial charge in [-0.2, -0.15) is 0 Å². The van der Waals surface area contributed by atoms with Gasteiger partial charge in [-0.1, -0.05) is 6.07 Å². The van der Waals surface area contributed by atoms with E-state index in [4.69, 9.17) is 34.2 Å². The van der Waals surface area contributed by atoms with Gasteiger partial charge in [0.2, 0.25) is 0 Å². The Kier molecular flexibility index (Phi) is 13.6. The largest absolute Gasteiger partial charge is 0.514 e. The van der Waals surface area contributed by atoms with Crippen molar-refractivity contribution in [2.24, 2.45) is 5.73 Å². The lowest BCUT2D eigenvalue weighted by Gasteiger charge is -2.17. The summed E-state index contributed by atoms with van der Waals surface area (Å²) in [6, 6.07) is 3.23. The van der Waals surface area contributed by atoms with Crippen LogP contribution in [0.25, 0.3) is 0 Å². The number of nitrogens with two attached hydrogens (primary N) is 1. The van der Waals surface area contributed by atoms with Crippen molar-refractivity contribution < 1.29 is 47.6 Å². The van der Waals surface area contributed by atoms with Crippen LogP contribution >= 0.6 is 12.4 Å². The predicted molar refractivity (Wildman–Crippen MR) is 122 cm³/mol. The zero-order valence-corrected chi connectivity index (χ0v) is 20.8. The van der Waals surface area contributed by atoms with Gasteiger partial charge in [0.05, 0.1) is 12.2 Å². The first kappa shape index (κ1) is 30.9. The van der Waals surface area contributed by atoms with Crippen LogP contribution in [0.4, 0.5) is 9.59 Å². The van der Waals surface area contributed by atoms with Crippen molar-refractivity contribution in [3.05, 3.63) is 23.8 Å². The van der Waals surface area contributed by atoms with E-state index in [1.54, 1.807) is 34.6 Å². The molecule has 0 amide bonds. The Labute approximate surface area is 204 Å². The summed E-state index contributed by atoms with van der Waals surface area (Å²) in [5.74, 6) is -1.42. The van der Waals surface area contributed by atoms with Crippen molar-refractivity contribution >= 4 is 36.7 Å². The standard InChI is InChI=1S/C22H31NO10.ClH/c1-12(2)29-21(26)32-18-8-7-16(10-19(18)33-22(27)30-13(3)4)9-17(23)20(25)31-14(5)11-28-15(6)24;/h7-8,10,12-14,17H,9,11,23H2,1-6H3;1H/t14-,17+;/m1./s1. The molecule has 34 heavy (non-hydrogen) atoms. The molecular formula is C22H32ClNO10. The van der Waals surface area contributed by atoms with E-state index >= 15 is 0 Å². The van der Waals surface area contributed by atoms with E-state index in [9.17, 15) is 19.2 Å². The summed E-state index contributed by atoms with van der Waals surface area (Å²) >= 11 is 0. The van der Waals surface area contributed by atoms with Crippen LogP contribution in [-0.2, 0) is 35.0 Å². The van der Waals surface area contributed by atoms with E-state index in [0.717, 1.165) is 0 Å². The fraction of sp³-hybridized carbons (Fsp3) is 0.545. The molecule has 1 rings (SSSR count). The van der Waals surface area contributed by atoms with Crippen LogP contribution in [-0.4, -0.2) is 55.2 Å². The maximum absolute atomic E-state index is 12.2. The summed E-state index contributed by atoms with van der Waals surface area (Å²) in [5.41, 5.74) is 6.41. The highest BCUT2D eigenvalue weighted by Crippen LogP contribution is 2.30. The SMILES string of the molecule is CC(=O)OC[C@@H](C)OC(=O)[C@@H](N)Cc1ccc(OC(=O)OC(C)C)c(OC(=O)OC(C)C)c1.Cl. The second-order valence-corrected chi connectivity index (χ2v) is 7.68. The van der Waals surface area contributed by atoms with Gasteiger partial charge in [0, 0.05) is 6.92 Å². The number of hydrogen-bond donors (Lipinski definition) is 1. The molecule has 0 aliphatic rings. The number of ether oxygens (including phenoxy) is 6. The zero-order valence-electron chi connectivity index (χ0n) is 20.0. The van der Waals surface area contributed by atoms with E-state index in [-0.39, 0.29) is 36.9 Å². The molecule has 0 aliphatic carbocycles. The zero-order chi connectivity index (χ0) is 25.1. The van der Waals surface area contributed by atoms with Gasteiger partial charge in [0.25, 0.3) is 0 Å². The number of esters is 2. The number of hydrogen-bond acceptors (Lipinski definition) is 11. The van der Waals surface area contributed by atoms with Crippen molar-refractivity contribution in [3.63, 3.8) is 0 Å². The molecule has 0 spiro atoms. The highest BCUT2D eigenvalue weighted by Gasteiger charge is 2.22. The summed E-state index contributed by atoms with van der Waals surface area (Å²) in [4.78, 5) is 46.9. The topological polar surface area (TPSA) is 150 Å². The first-order valence-corrected chi connectivity index (χ1v) is 10.4. The van der Waals surface area contributed by atoms with Crippen LogP contribution in [0.15, 0.2) is 18.2 Å². The summed E-state index contributed by atoms with van der Waals surface area (Å²) in [7, 11) is 0. The van der Waals surface area contributed by atoms with Crippen molar-refractivity contribution in [3.8, 4) is 11.5 Å². The number of rotatable bonds is 10. The molecule has 1 aromatic rings. The Morgan fingerprint density at radius 3 is 1.88 bits per heavy atom. The molecule has 0 aromatic heterocycles. The lowest BCUT2D eigenvalue weighted by atomic mass is 10.1. The molecule has 1 aromatic carbocycles. The maximum Gasteiger partial charge on any atom is 0.514 e. The molecule has 0 aliphatic heterocycles. The molecule has 2 N–H and O–H groups in total. The summed E-state index contributed by atoms with van der Waals surface area (Å²) in [6.45, 7) is 9.28. The van der Waals surface area contributed by atoms with E-state index in [0.29, 0.717) is 5.56 Å². The maximum atomic E-state index is 12.2. The predicted octanol–water partition coefficient (Wildman–Crippen LogP) is 3.32. The molecule has 0 bridgehead atoms. The van der Waals surface area contributed by atoms with Crippen molar-refractivity contribution in [1.82, 2.24) is 0 Å². The van der Waals surface area contributed by atoms with Crippen LogP contribution < -0.4 is 15.2 Å². The Hall–Kier alpha value is -3.05. The van der Waals surface area contributed by atoms with Crippen LogP contribution in [0.1, 0.15) is 47.1 Å². The van der Waals surface area contributed by atoms with Crippen molar-refractivity contribution in [2.45, 2.75) is 72.3 Å². The quantitative estimate of drug-likeness (QED) is 0.283. The van der Waals surface area contributed by atoms with E-state index < -0.39 is 48.6 Å². The number of carbonyl (C=O) groups excluding carboxylic acids is 4. The van der Waals surface area contributed by atoms with Gasteiger partial charge >= 0.3 is 24.2 Å². The van der Waals surface area contributed by atoms with Crippen LogP contribution in [0.2, 0.25) is 0 Å². The van der Waals surface area contributed by atoms with Gasteiger partial charge in [-0.05, 0) is 58.7 Å². The van der Waals surface area contributed by atoms with Gasteiger partial charge in [-0.25, -0.2) is 9.59 Å². The highest BCUT2D eigenvalue weighted by atomic mass is 35.5. The molecule has 11 nitrogen and oxygen atoms in total. The lowest BCUT2D eigenvalue weighted by Crippen LogP contribution is -2.37. The monoisotopic (exact) mass is 505 g/mol. The Bertz CT molecular complexity index is 843. The molecule has 12 heteroatoms. The van der Waals surface area contributed by atoms with Crippen molar-refractivity contribution in [1.29, 1.82) is 0 Å². The minimum atomic E-state index is -1.06. The number of halogens is 1. The molecule has 0 saturated carbocycles. The average Bonchev–Trinajstić information content (AvgIpc) is 2.67. The van der Waals surface area contributed by atoms with E-state index in [1.807, 2.05) is 0 Å². The van der Waals surface area contributed by atoms with Gasteiger partial charge in [0.1, 0.15) is 18.8 Å². The third kappa shape index (κ3) is 12.3. The van der Waals surface area contributed by atoms with Crippen LogP contribution in [0.5, 0.6) is 11.5 Å². The second kappa shape index (κ2) is 15.0. The Morgan fingerprint density at radius 1 is 0.853 bits per heavy atom. The second-order valence-electron chi connectivity index (χ2n) is 7.68. The summed E-state index contributed by atoms with van der Waals surface area (Å²) < 4.78 is 30.1. The normalized spacial score (nSPS) is 12.1. The summed E-state index contributed by atoms with van der Waals surface area (Å²) in [5, 5.41) is 0.